The lowest BCUT2D eigenvalue weighted by Gasteiger charge is -2.24. The Morgan fingerprint density at radius 1 is 0.333 bits per heavy atom. The summed E-state index contributed by atoms with van der Waals surface area (Å²) in [4.78, 5) is 0. The van der Waals surface area contributed by atoms with Gasteiger partial charge in [-0.1, -0.05) is 123 Å². The van der Waals surface area contributed by atoms with E-state index < -0.39 is 0 Å². The van der Waals surface area contributed by atoms with Gasteiger partial charge in [0.25, 0.3) is 0 Å². The van der Waals surface area contributed by atoms with Gasteiger partial charge in [-0.25, -0.2) is 0 Å². The van der Waals surface area contributed by atoms with E-state index in [1.807, 2.05) is 0 Å². The molecule has 3 heteroatoms. The smallest absolute Gasteiger partial charge is 0.0588 e. The molecule has 0 N–H and O–H groups in total. The molecule has 3 nitrogen and oxygen atoms in total. The van der Waals surface area contributed by atoms with E-state index in [0.717, 1.165) is 0 Å². The fourth-order valence-electron chi connectivity index (χ4n) is 9.90. The molecule has 0 spiro atoms. The molecule has 254 valence electrons. The molecule has 0 unspecified atom stereocenters. The molecule has 54 heavy (non-hydrogen) atoms. The normalized spacial score (nSPS) is 13.5. The second-order valence-electron chi connectivity index (χ2n) is 15.4. The van der Waals surface area contributed by atoms with Crippen LogP contribution in [0.1, 0.15) is 25.0 Å². The van der Waals surface area contributed by atoms with Crippen molar-refractivity contribution in [3.05, 3.63) is 187 Å². The lowest BCUT2D eigenvalue weighted by Crippen LogP contribution is -2.17. The minimum absolute atomic E-state index is 0.254. The van der Waals surface area contributed by atoms with Crippen LogP contribution in [0.5, 0.6) is 0 Å². The number of fused-ring (bicyclic) bond motifs is 13. The van der Waals surface area contributed by atoms with Crippen molar-refractivity contribution in [3.8, 4) is 28.2 Å². The minimum Gasteiger partial charge on any atom is -0.309 e. The molecule has 12 rings (SSSR count). The van der Waals surface area contributed by atoms with Gasteiger partial charge in [0.05, 0.1) is 33.1 Å². The molecule has 0 fully saturated rings. The van der Waals surface area contributed by atoms with E-state index in [4.69, 9.17) is 0 Å². The van der Waals surface area contributed by atoms with Crippen LogP contribution in [0, 0.1) is 0 Å². The second kappa shape index (κ2) is 10.6. The molecule has 3 heterocycles. The highest BCUT2D eigenvalue weighted by Gasteiger charge is 2.39. The first-order chi connectivity index (χ1) is 26.6. The Balaban J connectivity index is 1.12. The van der Waals surface area contributed by atoms with Crippen LogP contribution in [-0.2, 0) is 5.41 Å². The quantitative estimate of drug-likeness (QED) is 0.175. The molecule has 0 saturated heterocycles. The number of para-hydroxylation sites is 5. The molecule has 8 aromatic carbocycles. The molecule has 3 aromatic heterocycles. The molecule has 11 aromatic rings. The lowest BCUT2D eigenvalue weighted by molar-refractivity contribution is 0.663. The highest BCUT2D eigenvalue weighted by Crippen LogP contribution is 2.54. The van der Waals surface area contributed by atoms with Crippen molar-refractivity contribution < 1.29 is 0 Å². The van der Waals surface area contributed by atoms with Crippen molar-refractivity contribution in [2.24, 2.45) is 0 Å². The summed E-state index contributed by atoms with van der Waals surface area (Å²) in [5.41, 5.74) is 16.1. The molecule has 0 saturated carbocycles. The first-order valence-corrected chi connectivity index (χ1v) is 18.9. The van der Waals surface area contributed by atoms with E-state index in [9.17, 15) is 0 Å². The zero-order valence-corrected chi connectivity index (χ0v) is 30.1. The van der Waals surface area contributed by atoms with Crippen LogP contribution in [-0.4, -0.2) is 13.7 Å². The number of hydrogen-bond donors (Lipinski definition) is 0. The van der Waals surface area contributed by atoms with Gasteiger partial charge in [-0.2, -0.15) is 0 Å². The molecule has 0 atom stereocenters. The summed E-state index contributed by atoms with van der Waals surface area (Å²) in [6.45, 7) is 4.84. The van der Waals surface area contributed by atoms with Gasteiger partial charge in [-0.15, -0.1) is 0 Å². The monoisotopic (exact) mass is 689 g/mol. The predicted octanol–water partition coefficient (Wildman–Crippen LogP) is 13.3. The minimum atomic E-state index is -0.254. The van der Waals surface area contributed by atoms with Gasteiger partial charge in [0.1, 0.15) is 0 Å². The maximum atomic E-state index is 2.51. The molecule has 0 amide bonds. The van der Waals surface area contributed by atoms with Crippen LogP contribution in [0.2, 0.25) is 0 Å². The number of hydrogen-bond acceptors (Lipinski definition) is 0. The van der Waals surface area contributed by atoms with Crippen LogP contribution in [0.25, 0.3) is 93.6 Å². The third-order valence-corrected chi connectivity index (χ3v) is 12.2. The summed E-state index contributed by atoms with van der Waals surface area (Å²) in [5.74, 6) is 0. The van der Waals surface area contributed by atoms with Crippen LogP contribution in [0.15, 0.2) is 176 Å². The Hall–Kier alpha value is -6.84. The van der Waals surface area contributed by atoms with E-state index in [2.05, 4.69) is 203 Å². The maximum Gasteiger partial charge on any atom is 0.0588 e. The third kappa shape index (κ3) is 3.80. The van der Waals surface area contributed by atoms with Crippen LogP contribution in [0.4, 0.5) is 0 Å². The van der Waals surface area contributed by atoms with Gasteiger partial charge in [0, 0.05) is 54.8 Å². The summed E-state index contributed by atoms with van der Waals surface area (Å²) in [6.07, 6.45) is 0. The van der Waals surface area contributed by atoms with E-state index in [0.29, 0.717) is 0 Å². The standard InChI is InChI=1S/C51H35N3/c1-51(2)43-31-34(53-46-22-12-8-18-38(46)39-19-9-13-23-47(39)53)24-26-35(43)40-27-28-41-42-30-33(52-44-20-10-6-16-36(44)37-17-7-11-21-45(37)52)25-29-48(42)54(50(41)49(40)51)32-14-4-3-5-15-32/h3-31H,1-2H3. The lowest BCUT2D eigenvalue weighted by atomic mass is 9.81. The predicted molar refractivity (Wildman–Crippen MR) is 227 cm³/mol. The number of benzene rings is 8. The molecule has 1 aliphatic carbocycles. The fourth-order valence-corrected chi connectivity index (χ4v) is 9.90. The first kappa shape index (κ1) is 29.7. The largest absolute Gasteiger partial charge is 0.309 e. The Morgan fingerprint density at radius 2 is 0.796 bits per heavy atom. The molecule has 1 aliphatic rings. The van der Waals surface area contributed by atoms with Gasteiger partial charge in [0.15, 0.2) is 0 Å². The number of rotatable bonds is 3. The number of nitrogens with zero attached hydrogens (tertiary/aromatic N) is 3. The average Bonchev–Trinajstić information content (AvgIpc) is 3.91. The highest BCUT2D eigenvalue weighted by atomic mass is 15.0. The molecular formula is C51H35N3. The third-order valence-electron chi connectivity index (χ3n) is 12.2. The first-order valence-electron chi connectivity index (χ1n) is 18.9. The van der Waals surface area contributed by atoms with Crippen LogP contribution >= 0.6 is 0 Å². The molecular weight excluding hydrogens is 655 g/mol. The van der Waals surface area contributed by atoms with Gasteiger partial charge < -0.3 is 13.7 Å². The van der Waals surface area contributed by atoms with Crippen molar-refractivity contribution in [2.75, 3.05) is 0 Å². The van der Waals surface area contributed by atoms with Crippen molar-refractivity contribution in [1.82, 2.24) is 13.7 Å². The fraction of sp³-hybridized carbons (Fsp3) is 0.0588. The zero-order valence-electron chi connectivity index (χ0n) is 30.1. The Bertz CT molecular complexity index is 3240. The van der Waals surface area contributed by atoms with Crippen molar-refractivity contribution in [3.63, 3.8) is 0 Å². The van der Waals surface area contributed by atoms with Crippen molar-refractivity contribution in [2.45, 2.75) is 19.3 Å². The van der Waals surface area contributed by atoms with E-state index >= 15 is 0 Å². The molecule has 0 radical (unpaired) electrons. The van der Waals surface area contributed by atoms with Gasteiger partial charge in [-0.05, 0) is 89.0 Å². The van der Waals surface area contributed by atoms with Gasteiger partial charge in [-0.3, -0.25) is 0 Å². The summed E-state index contributed by atoms with van der Waals surface area (Å²) < 4.78 is 7.39. The Morgan fingerprint density at radius 3 is 1.37 bits per heavy atom. The summed E-state index contributed by atoms with van der Waals surface area (Å²) in [6, 6.07) is 65.0. The summed E-state index contributed by atoms with van der Waals surface area (Å²) in [7, 11) is 0. The molecule has 0 aliphatic heterocycles. The Kier molecular flexibility index (Phi) is 5.84. The summed E-state index contributed by atoms with van der Waals surface area (Å²) >= 11 is 0. The number of aromatic nitrogens is 3. The SMILES string of the molecule is CC1(C)c2cc(-n3c4ccccc4c4ccccc43)ccc2-c2ccc3c4cc(-n5c6ccccc6c6ccccc65)ccc4n(-c4ccccc4)c3c21. The maximum absolute atomic E-state index is 2.51. The topological polar surface area (TPSA) is 14.8 Å². The average molecular weight is 690 g/mol. The van der Waals surface area contributed by atoms with Gasteiger partial charge in [0.2, 0.25) is 0 Å². The van der Waals surface area contributed by atoms with E-state index in [1.54, 1.807) is 0 Å². The second-order valence-corrected chi connectivity index (χ2v) is 15.4. The van der Waals surface area contributed by atoms with Gasteiger partial charge >= 0.3 is 0 Å². The zero-order chi connectivity index (χ0) is 35.7. The van der Waals surface area contributed by atoms with Crippen LogP contribution in [0.3, 0.4) is 0 Å². The Labute approximate surface area is 312 Å². The summed E-state index contributed by atoms with van der Waals surface area (Å²) in [5, 5.41) is 7.65. The van der Waals surface area contributed by atoms with E-state index in [-0.39, 0.29) is 5.41 Å². The highest BCUT2D eigenvalue weighted by molar-refractivity contribution is 6.15. The molecule has 0 bridgehead atoms. The van der Waals surface area contributed by atoms with E-state index in [1.165, 1.54) is 105 Å². The van der Waals surface area contributed by atoms with Crippen LogP contribution < -0.4 is 0 Å². The van der Waals surface area contributed by atoms with Crippen molar-refractivity contribution in [1.29, 1.82) is 0 Å². The van der Waals surface area contributed by atoms with Crippen molar-refractivity contribution >= 4 is 65.4 Å².